The highest BCUT2D eigenvalue weighted by atomic mass is 79.9. The summed E-state index contributed by atoms with van der Waals surface area (Å²) < 4.78 is 1.99. The lowest BCUT2D eigenvalue weighted by molar-refractivity contribution is 0.270. The highest BCUT2D eigenvalue weighted by Gasteiger charge is 2.03. The van der Waals surface area contributed by atoms with Gasteiger partial charge in [0.05, 0.1) is 6.54 Å². The van der Waals surface area contributed by atoms with Gasteiger partial charge in [-0.1, -0.05) is 29.3 Å². The minimum absolute atomic E-state index is 0.990. The van der Waals surface area contributed by atoms with Gasteiger partial charge >= 0.3 is 0 Å². The van der Waals surface area contributed by atoms with Crippen molar-refractivity contribution in [2.75, 3.05) is 25.0 Å². The van der Waals surface area contributed by atoms with Crippen molar-refractivity contribution in [1.29, 1.82) is 0 Å². The van der Waals surface area contributed by atoms with E-state index in [2.05, 4.69) is 32.9 Å². The molecular formula is C11H20BrN3. The van der Waals surface area contributed by atoms with Gasteiger partial charge in [0.15, 0.2) is 0 Å². The summed E-state index contributed by atoms with van der Waals surface area (Å²) in [4.78, 5) is 2.49. The normalized spacial score (nSPS) is 11.1. The zero-order chi connectivity index (χ0) is 10.9. The first-order valence-electron chi connectivity index (χ1n) is 5.62. The van der Waals surface area contributed by atoms with E-state index < -0.39 is 0 Å². The Hall–Kier alpha value is -0.350. The summed E-state index contributed by atoms with van der Waals surface area (Å²) in [7, 11) is 0. The van der Waals surface area contributed by atoms with Crippen molar-refractivity contribution >= 4 is 15.9 Å². The molecule has 15 heavy (non-hydrogen) atoms. The molecular weight excluding hydrogens is 254 g/mol. The maximum absolute atomic E-state index is 4.21. The van der Waals surface area contributed by atoms with Gasteiger partial charge in [0.25, 0.3) is 0 Å². The molecule has 0 aliphatic heterocycles. The third-order valence-electron chi connectivity index (χ3n) is 2.43. The Labute approximate surface area is 101 Å². The van der Waals surface area contributed by atoms with Crippen LogP contribution in [0.2, 0.25) is 0 Å². The Kier molecular flexibility index (Phi) is 6.68. The zero-order valence-electron chi connectivity index (χ0n) is 9.40. The van der Waals surface area contributed by atoms with E-state index in [-0.39, 0.29) is 0 Å². The maximum Gasteiger partial charge on any atom is 0.0536 e. The Bertz CT molecular complexity index is 236. The highest BCUT2D eigenvalue weighted by molar-refractivity contribution is 9.09. The van der Waals surface area contributed by atoms with Crippen LogP contribution in [0.15, 0.2) is 18.5 Å². The van der Waals surface area contributed by atoms with Gasteiger partial charge in [-0.05, 0) is 19.0 Å². The van der Waals surface area contributed by atoms with Gasteiger partial charge in [0, 0.05) is 30.8 Å². The molecule has 0 N–H and O–H groups in total. The number of hydrogen-bond acceptors (Lipinski definition) is 2. The number of aromatic nitrogens is 2. The molecule has 1 aromatic rings. The zero-order valence-corrected chi connectivity index (χ0v) is 11.0. The molecule has 1 rings (SSSR count). The van der Waals surface area contributed by atoms with Crippen molar-refractivity contribution in [3.8, 4) is 0 Å². The lowest BCUT2D eigenvalue weighted by Gasteiger charge is -2.20. The van der Waals surface area contributed by atoms with Crippen LogP contribution in [0.4, 0.5) is 0 Å². The average Bonchev–Trinajstić information content (AvgIpc) is 2.75. The van der Waals surface area contributed by atoms with Crippen LogP contribution in [0.5, 0.6) is 0 Å². The summed E-state index contributed by atoms with van der Waals surface area (Å²) in [6.07, 6.45) is 6.40. The second-order valence-corrected chi connectivity index (χ2v) is 4.45. The maximum atomic E-state index is 4.21. The van der Waals surface area contributed by atoms with Gasteiger partial charge in [-0.25, -0.2) is 0 Å². The molecule has 0 atom stereocenters. The lowest BCUT2D eigenvalue weighted by Crippen LogP contribution is -2.30. The van der Waals surface area contributed by atoms with Crippen molar-refractivity contribution in [1.82, 2.24) is 14.7 Å². The van der Waals surface area contributed by atoms with E-state index in [4.69, 9.17) is 0 Å². The van der Waals surface area contributed by atoms with Crippen LogP contribution in [0.25, 0.3) is 0 Å². The Morgan fingerprint density at radius 3 is 2.80 bits per heavy atom. The predicted molar refractivity (Wildman–Crippen MR) is 67.4 cm³/mol. The number of unbranched alkanes of at least 4 members (excludes halogenated alkanes) is 1. The molecule has 0 radical (unpaired) electrons. The van der Waals surface area contributed by atoms with Crippen molar-refractivity contribution in [2.45, 2.75) is 26.3 Å². The van der Waals surface area contributed by atoms with Crippen molar-refractivity contribution in [3.05, 3.63) is 18.5 Å². The van der Waals surface area contributed by atoms with Crippen molar-refractivity contribution in [3.63, 3.8) is 0 Å². The van der Waals surface area contributed by atoms with Crippen LogP contribution in [-0.4, -0.2) is 39.6 Å². The minimum atomic E-state index is 0.990. The van der Waals surface area contributed by atoms with E-state index in [9.17, 15) is 0 Å². The minimum Gasteiger partial charge on any atom is -0.301 e. The third kappa shape index (κ3) is 5.33. The van der Waals surface area contributed by atoms with Crippen LogP contribution in [0.3, 0.4) is 0 Å². The number of hydrogen-bond donors (Lipinski definition) is 0. The highest BCUT2D eigenvalue weighted by Crippen LogP contribution is 1.98. The van der Waals surface area contributed by atoms with Crippen LogP contribution in [0.1, 0.15) is 19.8 Å². The molecule has 0 aromatic carbocycles. The smallest absolute Gasteiger partial charge is 0.0536 e. The van der Waals surface area contributed by atoms with Crippen LogP contribution in [-0.2, 0) is 6.54 Å². The molecule has 0 bridgehead atoms. The molecule has 0 aliphatic carbocycles. The Balaban J connectivity index is 2.24. The molecule has 1 heterocycles. The van der Waals surface area contributed by atoms with Crippen molar-refractivity contribution < 1.29 is 0 Å². The number of alkyl halides is 1. The van der Waals surface area contributed by atoms with Gasteiger partial charge in [-0.2, -0.15) is 5.10 Å². The van der Waals surface area contributed by atoms with E-state index >= 15 is 0 Å². The fourth-order valence-corrected chi connectivity index (χ4v) is 2.01. The molecule has 1 aromatic heterocycles. The summed E-state index contributed by atoms with van der Waals surface area (Å²) in [6, 6.07) is 1.97. The fraction of sp³-hybridized carbons (Fsp3) is 0.727. The van der Waals surface area contributed by atoms with E-state index in [1.807, 2.05) is 23.1 Å². The molecule has 4 heteroatoms. The SMILES string of the molecule is CCCCN(CCBr)CCn1cccn1. The Morgan fingerprint density at radius 1 is 1.33 bits per heavy atom. The second kappa shape index (κ2) is 7.88. The van der Waals surface area contributed by atoms with Gasteiger partial charge < -0.3 is 4.90 Å². The van der Waals surface area contributed by atoms with E-state index in [0.717, 1.165) is 25.0 Å². The van der Waals surface area contributed by atoms with Gasteiger partial charge in [0.2, 0.25) is 0 Å². The largest absolute Gasteiger partial charge is 0.301 e. The number of halogens is 1. The van der Waals surface area contributed by atoms with Gasteiger partial charge in [0.1, 0.15) is 0 Å². The number of rotatable bonds is 8. The molecule has 0 fully saturated rings. The standard InChI is InChI=1S/C11H20BrN3/c1-2-3-7-14(9-5-12)10-11-15-8-4-6-13-15/h4,6,8H,2-3,5,7,9-11H2,1H3. The quantitative estimate of drug-likeness (QED) is 0.679. The first-order valence-corrected chi connectivity index (χ1v) is 6.74. The average molecular weight is 274 g/mol. The summed E-state index contributed by atoms with van der Waals surface area (Å²) in [5.41, 5.74) is 0. The van der Waals surface area contributed by atoms with Crippen LogP contribution in [0, 0.1) is 0 Å². The van der Waals surface area contributed by atoms with Gasteiger partial charge in [-0.15, -0.1) is 0 Å². The second-order valence-electron chi connectivity index (χ2n) is 3.65. The third-order valence-corrected chi connectivity index (χ3v) is 2.79. The molecule has 0 amide bonds. The topological polar surface area (TPSA) is 21.1 Å². The van der Waals surface area contributed by atoms with Crippen LogP contribution >= 0.6 is 15.9 Å². The van der Waals surface area contributed by atoms with Crippen molar-refractivity contribution in [2.24, 2.45) is 0 Å². The molecule has 0 saturated heterocycles. The Morgan fingerprint density at radius 2 is 2.20 bits per heavy atom. The monoisotopic (exact) mass is 273 g/mol. The summed E-state index contributed by atoms with van der Waals surface area (Å²) in [6.45, 7) is 6.64. The first kappa shape index (κ1) is 12.7. The first-order chi connectivity index (χ1) is 7.36. The van der Waals surface area contributed by atoms with E-state index in [1.165, 1.54) is 19.4 Å². The van der Waals surface area contributed by atoms with Gasteiger partial charge in [-0.3, -0.25) is 4.68 Å². The molecule has 86 valence electrons. The predicted octanol–water partition coefficient (Wildman–Crippen LogP) is 2.38. The molecule has 0 saturated carbocycles. The fourth-order valence-electron chi connectivity index (χ4n) is 1.51. The summed E-state index contributed by atoms with van der Waals surface area (Å²) >= 11 is 3.50. The van der Waals surface area contributed by atoms with Crippen LogP contribution < -0.4 is 0 Å². The molecule has 3 nitrogen and oxygen atoms in total. The van der Waals surface area contributed by atoms with E-state index in [0.29, 0.717) is 0 Å². The summed E-state index contributed by atoms with van der Waals surface area (Å²) in [5, 5.41) is 5.26. The molecule has 0 spiro atoms. The van der Waals surface area contributed by atoms with E-state index in [1.54, 1.807) is 0 Å². The molecule has 0 aliphatic rings. The molecule has 0 unspecified atom stereocenters. The number of nitrogens with zero attached hydrogens (tertiary/aromatic N) is 3. The lowest BCUT2D eigenvalue weighted by atomic mass is 10.3. The summed E-state index contributed by atoms with van der Waals surface area (Å²) in [5.74, 6) is 0.